The van der Waals surface area contributed by atoms with Crippen LogP contribution < -0.4 is 10.6 Å². The fourth-order valence-electron chi connectivity index (χ4n) is 1.29. The Morgan fingerprint density at radius 3 is 2.94 bits per heavy atom. The third-order valence-corrected chi connectivity index (χ3v) is 2.11. The first-order valence-corrected chi connectivity index (χ1v) is 5.62. The van der Waals surface area contributed by atoms with E-state index in [1.54, 1.807) is 0 Å². The van der Waals surface area contributed by atoms with Crippen LogP contribution >= 0.6 is 0 Å². The first kappa shape index (κ1) is 12.6. The third kappa shape index (κ3) is 3.98. The van der Waals surface area contributed by atoms with Gasteiger partial charge < -0.3 is 10.6 Å². The Labute approximate surface area is 95.2 Å². The highest BCUT2D eigenvalue weighted by Crippen LogP contribution is 1.96. The quantitative estimate of drug-likeness (QED) is 0.575. The smallest absolute Gasteiger partial charge is 0.290 e. The summed E-state index contributed by atoms with van der Waals surface area (Å²) in [6, 6.07) is 0. The Hall–Kier alpha value is -1.43. The predicted molar refractivity (Wildman–Crippen MR) is 61.3 cm³/mol. The predicted octanol–water partition coefficient (Wildman–Crippen LogP) is 0.0965. The summed E-state index contributed by atoms with van der Waals surface area (Å²) in [6.45, 7) is 3.58. The Morgan fingerprint density at radius 2 is 2.25 bits per heavy atom. The highest BCUT2D eigenvalue weighted by Gasteiger charge is 2.10. The maximum Gasteiger partial charge on any atom is 0.290 e. The molecule has 1 rings (SSSR count). The highest BCUT2D eigenvalue weighted by atomic mass is 16.2. The molecule has 0 aliphatic carbocycles. The van der Waals surface area contributed by atoms with Gasteiger partial charge in [0.15, 0.2) is 0 Å². The van der Waals surface area contributed by atoms with Gasteiger partial charge in [0.1, 0.15) is 5.82 Å². The fraction of sp³-hybridized carbons (Fsp3) is 0.700. The second-order valence-electron chi connectivity index (χ2n) is 3.57. The lowest BCUT2D eigenvalue weighted by Gasteiger charge is -2.01. The molecule has 0 spiro atoms. The zero-order valence-corrected chi connectivity index (χ0v) is 9.84. The molecular formula is C10H19N5O. The van der Waals surface area contributed by atoms with Gasteiger partial charge in [-0.3, -0.25) is 9.89 Å². The van der Waals surface area contributed by atoms with Crippen LogP contribution in [0.1, 0.15) is 36.2 Å². The maximum absolute atomic E-state index is 11.5. The molecule has 0 atom stereocenters. The van der Waals surface area contributed by atoms with Crippen LogP contribution in [0.2, 0.25) is 0 Å². The van der Waals surface area contributed by atoms with Crippen LogP contribution in [0, 0.1) is 0 Å². The number of nitrogens with zero attached hydrogens (tertiary/aromatic N) is 2. The molecule has 0 aliphatic rings. The van der Waals surface area contributed by atoms with Crippen molar-refractivity contribution in [3.8, 4) is 0 Å². The molecular weight excluding hydrogens is 206 g/mol. The summed E-state index contributed by atoms with van der Waals surface area (Å²) in [5.74, 6) is 0.783. The van der Waals surface area contributed by atoms with Gasteiger partial charge in [-0.2, -0.15) is 0 Å². The number of aromatic amines is 1. The number of carbonyl (C=O) groups excluding carboxylic acids is 1. The van der Waals surface area contributed by atoms with Gasteiger partial charge in [-0.15, -0.1) is 5.10 Å². The Morgan fingerprint density at radius 1 is 1.44 bits per heavy atom. The van der Waals surface area contributed by atoms with E-state index in [4.69, 9.17) is 0 Å². The maximum atomic E-state index is 11.5. The molecule has 0 radical (unpaired) electrons. The molecule has 0 bridgehead atoms. The van der Waals surface area contributed by atoms with Gasteiger partial charge in [0, 0.05) is 13.0 Å². The van der Waals surface area contributed by atoms with Gasteiger partial charge in [0.2, 0.25) is 5.82 Å². The summed E-state index contributed by atoms with van der Waals surface area (Å²) in [5, 5.41) is 12.4. The van der Waals surface area contributed by atoms with Crippen molar-refractivity contribution in [3.63, 3.8) is 0 Å². The van der Waals surface area contributed by atoms with E-state index in [1.165, 1.54) is 0 Å². The number of H-pyrrole nitrogens is 1. The lowest BCUT2D eigenvalue weighted by Crippen LogP contribution is -2.27. The van der Waals surface area contributed by atoms with Crippen LogP contribution in [0.4, 0.5) is 0 Å². The molecule has 0 saturated carbocycles. The van der Waals surface area contributed by atoms with Crippen LogP contribution in [0.3, 0.4) is 0 Å². The van der Waals surface area contributed by atoms with E-state index in [2.05, 4.69) is 32.7 Å². The van der Waals surface area contributed by atoms with E-state index in [0.717, 1.165) is 31.6 Å². The van der Waals surface area contributed by atoms with Gasteiger partial charge in [-0.05, 0) is 26.4 Å². The normalized spacial score (nSPS) is 10.4. The second-order valence-corrected chi connectivity index (χ2v) is 3.57. The average Bonchev–Trinajstić information content (AvgIpc) is 2.73. The monoisotopic (exact) mass is 225 g/mol. The molecule has 6 nitrogen and oxygen atoms in total. The lowest BCUT2D eigenvalue weighted by atomic mass is 10.3. The van der Waals surface area contributed by atoms with Crippen LogP contribution in [-0.4, -0.2) is 41.2 Å². The zero-order chi connectivity index (χ0) is 11.8. The molecule has 16 heavy (non-hydrogen) atoms. The highest BCUT2D eigenvalue weighted by molar-refractivity contribution is 5.90. The second kappa shape index (κ2) is 6.95. The fourth-order valence-corrected chi connectivity index (χ4v) is 1.29. The molecule has 1 amide bonds. The average molecular weight is 225 g/mol. The molecule has 0 unspecified atom stereocenters. The minimum Gasteiger partial charge on any atom is -0.349 e. The molecule has 0 saturated heterocycles. The molecule has 1 aromatic heterocycles. The number of carbonyl (C=O) groups is 1. The van der Waals surface area contributed by atoms with Crippen molar-refractivity contribution >= 4 is 5.91 Å². The summed E-state index contributed by atoms with van der Waals surface area (Å²) >= 11 is 0. The summed E-state index contributed by atoms with van der Waals surface area (Å²) < 4.78 is 0. The topological polar surface area (TPSA) is 82.7 Å². The van der Waals surface area contributed by atoms with Gasteiger partial charge >= 0.3 is 0 Å². The zero-order valence-electron chi connectivity index (χ0n) is 9.84. The minimum absolute atomic E-state index is 0.213. The van der Waals surface area contributed by atoms with E-state index >= 15 is 0 Å². The van der Waals surface area contributed by atoms with Crippen LogP contribution in [0.5, 0.6) is 0 Å². The number of aryl methyl sites for hydroxylation is 1. The molecule has 3 N–H and O–H groups in total. The molecule has 90 valence electrons. The molecule has 1 aromatic rings. The van der Waals surface area contributed by atoms with E-state index in [0.29, 0.717) is 6.54 Å². The SMILES string of the molecule is CCCc1nc(C(=O)NCCCNC)n[nH]1. The van der Waals surface area contributed by atoms with E-state index in [9.17, 15) is 4.79 Å². The van der Waals surface area contributed by atoms with Crippen molar-refractivity contribution in [2.75, 3.05) is 20.1 Å². The van der Waals surface area contributed by atoms with Gasteiger partial charge in [0.05, 0.1) is 0 Å². The van der Waals surface area contributed by atoms with Crippen molar-refractivity contribution in [1.82, 2.24) is 25.8 Å². The van der Waals surface area contributed by atoms with Crippen molar-refractivity contribution < 1.29 is 4.79 Å². The van der Waals surface area contributed by atoms with E-state index in [1.807, 2.05) is 7.05 Å². The van der Waals surface area contributed by atoms with Gasteiger partial charge in [0.25, 0.3) is 5.91 Å². The van der Waals surface area contributed by atoms with Crippen molar-refractivity contribution in [2.24, 2.45) is 0 Å². The molecule has 6 heteroatoms. The number of hydrogen-bond acceptors (Lipinski definition) is 4. The Bertz CT molecular complexity index is 323. The number of amides is 1. The summed E-state index contributed by atoms with van der Waals surface area (Å²) in [6.07, 6.45) is 2.70. The standard InChI is InChI=1S/C10H19N5O/c1-3-5-8-13-9(15-14-8)10(16)12-7-4-6-11-2/h11H,3-7H2,1-2H3,(H,12,16)(H,13,14,15). The Balaban J connectivity index is 2.34. The number of nitrogens with one attached hydrogen (secondary N) is 3. The van der Waals surface area contributed by atoms with Crippen LogP contribution in [0.25, 0.3) is 0 Å². The first-order chi connectivity index (χ1) is 7.77. The largest absolute Gasteiger partial charge is 0.349 e. The number of rotatable bonds is 7. The van der Waals surface area contributed by atoms with Crippen LogP contribution in [0.15, 0.2) is 0 Å². The van der Waals surface area contributed by atoms with Crippen molar-refractivity contribution in [1.29, 1.82) is 0 Å². The summed E-state index contributed by atoms with van der Waals surface area (Å²) in [4.78, 5) is 15.7. The first-order valence-electron chi connectivity index (χ1n) is 5.62. The molecule has 0 aliphatic heterocycles. The van der Waals surface area contributed by atoms with Gasteiger partial charge in [-0.1, -0.05) is 6.92 Å². The molecule has 0 aromatic carbocycles. The molecule has 1 heterocycles. The van der Waals surface area contributed by atoms with E-state index in [-0.39, 0.29) is 11.7 Å². The summed E-state index contributed by atoms with van der Waals surface area (Å²) in [7, 11) is 1.88. The molecule has 0 fully saturated rings. The summed E-state index contributed by atoms with van der Waals surface area (Å²) in [5.41, 5.74) is 0. The third-order valence-electron chi connectivity index (χ3n) is 2.11. The minimum atomic E-state index is -0.213. The van der Waals surface area contributed by atoms with Crippen LogP contribution in [-0.2, 0) is 6.42 Å². The number of aromatic nitrogens is 3. The van der Waals surface area contributed by atoms with Crippen molar-refractivity contribution in [3.05, 3.63) is 11.6 Å². The Kier molecular flexibility index (Phi) is 5.49. The number of hydrogen-bond donors (Lipinski definition) is 3. The lowest BCUT2D eigenvalue weighted by molar-refractivity contribution is 0.0943. The van der Waals surface area contributed by atoms with Gasteiger partial charge in [-0.25, -0.2) is 4.98 Å². The van der Waals surface area contributed by atoms with Crippen molar-refractivity contribution in [2.45, 2.75) is 26.2 Å². The van der Waals surface area contributed by atoms with E-state index < -0.39 is 0 Å².